The summed E-state index contributed by atoms with van der Waals surface area (Å²) in [6.45, 7) is 4.37. The summed E-state index contributed by atoms with van der Waals surface area (Å²) in [5.41, 5.74) is 0. The molecule has 0 aromatic heterocycles. The SMILES string of the molecule is CCCCCCCCC(O)CCC(CCCCCCCC)S(=O)(=O)O. The van der Waals surface area contributed by atoms with Crippen LogP contribution in [-0.4, -0.2) is 29.4 Å². The molecular formula is C20H42O4S. The molecule has 2 N–H and O–H groups in total. The largest absolute Gasteiger partial charge is 0.393 e. The molecule has 0 saturated carbocycles. The topological polar surface area (TPSA) is 74.6 Å². The fourth-order valence-electron chi connectivity index (χ4n) is 3.28. The van der Waals surface area contributed by atoms with Gasteiger partial charge in [-0.3, -0.25) is 4.55 Å². The molecule has 0 radical (unpaired) electrons. The van der Waals surface area contributed by atoms with Crippen molar-refractivity contribution < 1.29 is 18.1 Å². The molecule has 0 spiro atoms. The van der Waals surface area contributed by atoms with Crippen LogP contribution in [0.2, 0.25) is 0 Å². The van der Waals surface area contributed by atoms with Crippen LogP contribution in [-0.2, 0) is 10.1 Å². The quantitative estimate of drug-likeness (QED) is 0.230. The van der Waals surface area contributed by atoms with Gasteiger partial charge in [-0.1, -0.05) is 90.9 Å². The van der Waals surface area contributed by atoms with Crippen LogP contribution in [0.3, 0.4) is 0 Å². The van der Waals surface area contributed by atoms with Crippen LogP contribution in [0, 0.1) is 0 Å². The van der Waals surface area contributed by atoms with Crippen molar-refractivity contribution in [3.63, 3.8) is 0 Å². The molecule has 0 aromatic carbocycles. The molecule has 25 heavy (non-hydrogen) atoms. The van der Waals surface area contributed by atoms with Crippen molar-refractivity contribution in [2.24, 2.45) is 0 Å². The van der Waals surface area contributed by atoms with Gasteiger partial charge in [0.2, 0.25) is 0 Å². The monoisotopic (exact) mass is 378 g/mol. The van der Waals surface area contributed by atoms with Gasteiger partial charge in [-0.25, -0.2) is 0 Å². The van der Waals surface area contributed by atoms with Gasteiger partial charge in [-0.05, 0) is 25.7 Å². The number of aliphatic hydroxyl groups excluding tert-OH is 1. The lowest BCUT2D eigenvalue weighted by Gasteiger charge is -2.16. The Bertz CT molecular complexity index is 381. The fourth-order valence-corrected chi connectivity index (χ4v) is 4.18. The van der Waals surface area contributed by atoms with E-state index in [0.29, 0.717) is 19.3 Å². The minimum absolute atomic E-state index is 0.366. The number of hydrogen-bond donors (Lipinski definition) is 2. The van der Waals surface area contributed by atoms with Crippen LogP contribution >= 0.6 is 0 Å². The third-order valence-corrected chi connectivity index (χ3v) is 6.33. The first kappa shape index (κ1) is 24.9. The highest BCUT2D eigenvalue weighted by Gasteiger charge is 2.23. The molecule has 0 aromatic rings. The van der Waals surface area contributed by atoms with E-state index < -0.39 is 21.5 Å². The van der Waals surface area contributed by atoms with Crippen molar-refractivity contribution in [3.8, 4) is 0 Å². The van der Waals surface area contributed by atoms with Gasteiger partial charge < -0.3 is 5.11 Å². The number of aliphatic hydroxyl groups is 1. The van der Waals surface area contributed by atoms with E-state index in [1.54, 1.807) is 0 Å². The van der Waals surface area contributed by atoms with Gasteiger partial charge in [0.05, 0.1) is 11.4 Å². The van der Waals surface area contributed by atoms with Crippen LogP contribution in [0.25, 0.3) is 0 Å². The zero-order valence-electron chi connectivity index (χ0n) is 16.6. The fraction of sp³-hybridized carbons (Fsp3) is 1.00. The standard InChI is InChI=1S/C20H42O4S/c1-3-5-7-9-11-13-15-19(21)17-18-20(25(22,23)24)16-14-12-10-8-6-4-2/h19-21H,3-18H2,1-2H3,(H,22,23,24). The van der Waals surface area contributed by atoms with E-state index in [4.69, 9.17) is 0 Å². The zero-order chi connectivity index (χ0) is 19.0. The molecule has 0 rings (SSSR count). The van der Waals surface area contributed by atoms with Crippen molar-refractivity contribution in [2.75, 3.05) is 0 Å². The Labute approximate surface area is 156 Å². The van der Waals surface area contributed by atoms with Gasteiger partial charge in [-0.15, -0.1) is 0 Å². The van der Waals surface area contributed by atoms with Crippen LogP contribution < -0.4 is 0 Å². The molecular weight excluding hydrogens is 336 g/mol. The van der Waals surface area contributed by atoms with E-state index in [-0.39, 0.29) is 0 Å². The second kappa shape index (κ2) is 16.1. The minimum Gasteiger partial charge on any atom is -0.393 e. The number of unbranched alkanes of at least 4 members (excludes halogenated alkanes) is 10. The molecule has 2 unspecified atom stereocenters. The molecule has 0 aliphatic heterocycles. The summed E-state index contributed by atoms with van der Waals surface area (Å²) < 4.78 is 32.5. The molecule has 152 valence electrons. The third kappa shape index (κ3) is 15.8. The molecule has 0 aliphatic rings. The lowest BCUT2D eigenvalue weighted by Crippen LogP contribution is -2.22. The predicted octanol–water partition coefficient (Wildman–Crippen LogP) is 5.89. The van der Waals surface area contributed by atoms with Crippen molar-refractivity contribution in [1.82, 2.24) is 0 Å². The first-order valence-corrected chi connectivity index (χ1v) is 12.1. The molecule has 0 saturated heterocycles. The molecule has 4 nitrogen and oxygen atoms in total. The smallest absolute Gasteiger partial charge is 0.267 e. The van der Waals surface area contributed by atoms with Gasteiger partial charge in [-0.2, -0.15) is 8.42 Å². The Morgan fingerprint density at radius 2 is 1.08 bits per heavy atom. The van der Waals surface area contributed by atoms with E-state index in [9.17, 15) is 18.1 Å². The van der Waals surface area contributed by atoms with E-state index in [2.05, 4.69) is 13.8 Å². The van der Waals surface area contributed by atoms with Gasteiger partial charge in [0.1, 0.15) is 0 Å². The van der Waals surface area contributed by atoms with Crippen molar-refractivity contribution >= 4 is 10.1 Å². The lowest BCUT2D eigenvalue weighted by atomic mass is 10.0. The Morgan fingerprint density at radius 1 is 0.640 bits per heavy atom. The number of rotatable bonds is 18. The van der Waals surface area contributed by atoms with Crippen LogP contribution in [0.5, 0.6) is 0 Å². The Kier molecular flexibility index (Phi) is 16.0. The van der Waals surface area contributed by atoms with Gasteiger partial charge in [0.15, 0.2) is 0 Å². The highest BCUT2D eigenvalue weighted by Crippen LogP contribution is 2.19. The molecule has 5 heteroatoms. The van der Waals surface area contributed by atoms with E-state index >= 15 is 0 Å². The minimum atomic E-state index is -4.00. The molecule has 0 aliphatic carbocycles. The maximum absolute atomic E-state index is 11.5. The third-order valence-electron chi connectivity index (χ3n) is 5.01. The van der Waals surface area contributed by atoms with E-state index in [1.165, 1.54) is 44.9 Å². The Morgan fingerprint density at radius 3 is 1.56 bits per heavy atom. The maximum atomic E-state index is 11.5. The summed E-state index contributed by atoms with van der Waals surface area (Å²) in [4.78, 5) is 0. The van der Waals surface area contributed by atoms with Gasteiger partial charge in [0.25, 0.3) is 10.1 Å². The Hall–Kier alpha value is -0.130. The molecule has 0 bridgehead atoms. The van der Waals surface area contributed by atoms with E-state index in [0.717, 1.165) is 38.5 Å². The van der Waals surface area contributed by atoms with Gasteiger partial charge in [0, 0.05) is 0 Å². The second-order valence-electron chi connectivity index (χ2n) is 7.48. The molecule has 0 amide bonds. The lowest BCUT2D eigenvalue weighted by molar-refractivity contribution is 0.147. The van der Waals surface area contributed by atoms with Crippen molar-refractivity contribution in [2.45, 2.75) is 128 Å². The summed E-state index contributed by atoms with van der Waals surface area (Å²) in [5.74, 6) is 0. The summed E-state index contributed by atoms with van der Waals surface area (Å²) in [7, 11) is -4.00. The summed E-state index contributed by atoms with van der Waals surface area (Å²) in [6.07, 6.45) is 15.4. The predicted molar refractivity (Wildman–Crippen MR) is 107 cm³/mol. The van der Waals surface area contributed by atoms with E-state index in [1.807, 2.05) is 0 Å². The van der Waals surface area contributed by atoms with Crippen LogP contribution in [0.15, 0.2) is 0 Å². The average molecular weight is 379 g/mol. The first-order chi connectivity index (χ1) is 11.9. The first-order valence-electron chi connectivity index (χ1n) is 10.6. The highest BCUT2D eigenvalue weighted by molar-refractivity contribution is 7.86. The zero-order valence-corrected chi connectivity index (χ0v) is 17.4. The second-order valence-corrected chi connectivity index (χ2v) is 9.18. The van der Waals surface area contributed by atoms with Crippen LogP contribution in [0.4, 0.5) is 0 Å². The maximum Gasteiger partial charge on any atom is 0.267 e. The highest BCUT2D eigenvalue weighted by atomic mass is 32.2. The molecule has 0 fully saturated rings. The summed E-state index contributed by atoms with van der Waals surface area (Å²) >= 11 is 0. The number of hydrogen-bond acceptors (Lipinski definition) is 3. The molecule has 2 atom stereocenters. The molecule has 0 heterocycles. The summed E-state index contributed by atoms with van der Waals surface area (Å²) in [5, 5.41) is 9.35. The van der Waals surface area contributed by atoms with Gasteiger partial charge >= 0.3 is 0 Å². The van der Waals surface area contributed by atoms with Crippen LogP contribution in [0.1, 0.15) is 117 Å². The normalized spacial score (nSPS) is 14.6. The van der Waals surface area contributed by atoms with Crippen molar-refractivity contribution in [1.29, 1.82) is 0 Å². The average Bonchev–Trinajstić information content (AvgIpc) is 2.55. The summed E-state index contributed by atoms with van der Waals surface area (Å²) in [6, 6.07) is 0. The Balaban J connectivity index is 3.91. The van der Waals surface area contributed by atoms with Crippen molar-refractivity contribution in [3.05, 3.63) is 0 Å².